The number of aliphatic hydroxyl groups is 1. The second-order valence-electron chi connectivity index (χ2n) is 11.4. The molecule has 5 rings (SSSR count). The van der Waals surface area contributed by atoms with E-state index in [2.05, 4.69) is 13.8 Å². The van der Waals surface area contributed by atoms with Gasteiger partial charge in [0.2, 0.25) is 0 Å². The van der Waals surface area contributed by atoms with Gasteiger partial charge >= 0.3 is 11.9 Å². The van der Waals surface area contributed by atoms with Crippen molar-refractivity contribution < 1.29 is 33.6 Å². The minimum atomic E-state index is -0.555. The zero-order valence-electron chi connectivity index (χ0n) is 19.8. The van der Waals surface area contributed by atoms with Gasteiger partial charge in [-0.1, -0.05) is 13.8 Å². The molecule has 5 fully saturated rings. The van der Waals surface area contributed by atoms with E-state index in [9.17, 15) is 14.7 Å². The summed E-state index contributed by atoms with van der Waals surface area (Å²) in [5, 5.41) is 10.5. The van der Waals surface area contributed by atoms with Gasteiger partial charge in [-0.2, -0.15) is 0 Å². The molecule has 4 aliphatic carbocycles. The van der Waals surface area contributed by atoms with Crippen molar-refractivity contribution in [1.82, 2.24) is 0 Å². The summed E-state index contributed by atoms with van der Waals surface area (Å²) >= 11 is 0. The van der Waals surface area contributed by atoms with Crippen molar-refractivity contribution in [2.45, 2.75) is 96.7 Å². The van der Waals surface area contributed by atoms with E-state index in [1.807, 2.05) is 0 Å². The average Bonchev–Trinajstić information content (AvgIpc) is 3.31. The Hall–Kier alpha value is -1.18. The number of hydrogen-bond donors (Lipinski definition) is 1. The van der Waals surface area contributed by atoms with Crippen LogP contribution < -0.4 is 0 Å². The van der Waals surface area contributed by atoms with E-state index in [1.54, 1.807) is 0 Å². The summed E-state index contributed by atoms with van der Waals surface area (Å²) < 4.78 is 24.5. The van der Waals surface area contributed by atoms with Crippen molar-refractivity contribution in [3.8, 4) is 0 Å². The number of aliphatic hydroxyl groups excluding tert-OH is 1. The van der Waals surface area contributed by atoms with Crippen LogP contribution in [0.15, 0.2) is 0 Å². The number of carbonyl (C=O) groups excluding carboxylic acids is 2. The Labute approximate surface area is 190 Å². The van der Waals surface area contributed by atoms with Crippen molar-refractivity contribution in [1.29, 1.82) is 0 Å². The second kappa shape index (κ2) is 7.67. The summed E-state index contributed by atoms with van der Waals surface area (Å²) in [5.74, 6) is -0.626. The minimum absolute atomic E-state index is 0.0283. The zero-order chi connectivity index (χ0) is 22.9. The molecule has 7 nitrogen and oxygen atoms in total. The average molecular weight is 451 g/mol. The highest BCUT2D eigenvalue weighted by atomic mass is 16.7. The first kappa shape index (κ1) is 22.6. The molecule has 32 heavy (non-hydrogen) atoms. The Kier molecular flexibility index (Phi) is 5.42. The molecule has 1 N–H and O–H groups in total. The van der Waals surface area contributed by atoms with Crippen LogP contribution in [0.2, 0.25) is 0 Å². The summed E-state index contributed by atoms with van der Waals surface area (Å²) in [7, 11) is 0. The van der Waals surface area contributed by atoms with Gasteiger partial charge in [-0.05, 0) is 55.8 Å². The van der Waals surface area contributed by atoms with Gasteiger partial charge in [0.1, 0.15) is 12.2 Å². The van der Waals surface area contributed by atoms with Gasteiger partial charge in [0.25, 0.3) is 0 Å². The number of rotatable bonds is 2. The summed E-state index contributed by atoms with van der Waals surface area (Å²) in [5.41, 5.74) is -0.240. The predicted molar refractivity (Wildman–Crippen MR) is 114 cm³/mol. The second-order valence-corrected chi connectivity index (χ2v) is 11.4. The number of carbonyl (C=O) groups is 2. The van der Waals surface area contributed by atoms with Gasteiger partial charge in [0.15, 0.2) is 5.79 Å². The molecule has 0 amide bonds. The fraction of sp³-hybridized carbons (Fsp3) is 0.920. The number of esters is 2. The lowest BCUT2D eigenvalue weighted by atomic mass is 9.43. The van der Waals surface area contributed by atoms with Crippen LogP contribution in [-0.4, -0.2) is 54.4 Å². The molecule has 0 aromatic rings. The van der Waals surface area contributed by atoms with Gasteiger partial charge < -0.3 is 24.1 Å². The van der Waals surface area contributed by atoms with Crippen molar-refractivity contribution in [3.63, 3.8) is 0 Å². The minimum Gasteiger partial charge on any atom is -0.458 e. The van der Waals surface area contributed by atoms with Gasteiger partial charge in [-0.3, -0.25) is 9.59 Å². The normalized spacial score (nSPS) is 49.1. The summed E-state index contributed by atoms with van der Waals surface area (Å²) in [4.78, 5) is 24.5. The Balaban J connectivity index is 1.59. The third-order valence-corrected chi connectivity index (χ3v) is 10.1. The number of ether oxygens (including phenoxy) is 4. The largest absolute Gasteiger partial charge is 0.458 e. The van der Waals surface area contributed by atoms with E-state index < -0.39 is 24.1 Å². The van der Waals surface area contributed by atoms with Crippen molar-refractivity contribution in [3.05, 3.63) is 0 Å². The first-order chi connectivity index (χ1) is 15.1. The van der Waals surface area contributed by atoms with Crippen LogP contribution in [0.5, 0.6) is 0 Å². The van der Waals surface area contributed by atoms with Crippen molar-refractivity contribution in [2.75, 3.05) is 13.2 Å². The smallest absolute Gasteiger partial charge is 0.303 e. The molecule has 180 valence electrons. The third-order valence-electron chi connectivity index (χ3n) is 10.1. The SMILES string of the molecule is CC(=O)OC1C(OC(C)=O)C2CC(O)CC[C@]2(C)C2CC[C@@]3(C)C(CCC34OCCO4)C12. The summed E-state index contributed by atoms with van der Waals surface area (Å²) in [6, 6.07) is 0. The lowest BCUT2D eigenvalue weighted by Gasteiger charge is -2.64. The molecular formula is C25H38O7. The molecule has 7 heteroatoms. The standard InChI is InChI=1S/C25H38O7/c1-14(26)31-21-19-13-16(28)5-8-23(19,3)17-6-9-24(4)18(20(17)22(21)32-15(2)27)7-10-25(24)29-11-12-30-25/h16-22,28H,5-13H2,1-4H3/t16?,17?,18?,19?,20?,21?,22?,23-,24+/m1/s1. The zero-order valence-corrected chi connectivity index (χ0v) is 19.8. The maximum atomic E-state index is 12.3. The fourth-order valence-electron chi connectivity index (χ4n) is 8.75. The van der Waals surface area contributed by atoms with E-state index in [1.165, 1.54) is 13.8 Å². The van der Waals surface area contributed by atoms with Crippen LogP contribution in [0, 0.1) is 34.5 Å². The Morgan fingerprint density at radius 1 is 0.844 bits per heavy atom. The van der Waals surface area contributed by atoms with Crippen molar-refractivity contribution >= 4 is 11.9 Å². The highest BCUT2D eigenvalue weighted by Crippen LogP contribution is 2.70. The third kappa shape index (κ3) is 3.10. The van der Waals surface area contributed by atoms with Crippen LogP contribution in [-0.2, 0) is 28.5 Å². The molecule has 7 unspecified atom stereocenters. The Morgan fingerprint density at radius 3 is 2.12 bits per heavy atom. The maximum absolute atomic E-state index is 12.3. The molecule has 1 spiro atoms. The molecule has 1 saturated heterocycles. The van der Waals surface area contributed by atoms with Crippen molar-refractivity contribution in [2.24, 2.45) is 34.5 Å². The number of hydrogen-bond acceptors (Lipinski definition) is 7. The first-order valence-corrected chi connectivity index (χ1v) is 12.4. The predicted octanol–water partition coefficient (Wildman–Crippen LogP) is 3.22. The summed E-state index contributed by atoms with van der Waals surface area (Å²) in [6.07, 6.45) is 4.58. The van der Waals surface area contributed by atoms with Gasteiger partial charge in [0.05, 0.1) is 19.3 Å². The molecule has 1 heterocycles. The molecule has 9 atom stereocenters. The van der Waals surface area contributed by atoms with E-state index in [0.717, 1.165) is 38.5 Å². The highest BCUT2D eigenvalue weighted by molar-refractivity contribution is 5.67. The lowest BCUT2D eigenvalue weighted by Crippen LogP contribution is -2.66. The molecule has 1 aliphatic heterocycles. The van der Waals surface area contributed by atoms with Crippen LogP contribution in [0.4, 0.5) is 0 Å². The van der Waals surface area contributed by atoms with E-state index in [0.29, 0.717) is 25.6 Å². The molecule has 0 aromatic heterocycles. The quantitative estimate of drug-likeness (QED) is 0.646. The van der Waals surface area contributed by atoms with E-state index >= 15 is 0 Å². The van der Waals surface area contributed by atoms with Crippen LogP contribution >= 0.6 is 0 Å². The summed E-state index contributed by atoms with van der Waals surface area (Å²) in [6.45, 7) is 8.71. The Morgan fingerprint density at radius 2 is 1.47 bits per heavy atom. The molecule has 0 bridgehead atoms. The van der Waals surface area contributed by atoms with Crippen LogP contribution in [0.3, 0.4) is 0 Å². The lowest BCUT2D eigenvalue weighted by molar-refractivity contribution is -0.273. The van der Waals surface area contributed by atoms with Gasteiger partial charge in [-0.25, -0.2) is 0 Å². The van der Waals surface area contributed by atoms with Gasteiger partial charge in [0, 0.05) is 37.5 Å². The molecule has 5 aliphatic rings. The Bertz CT molecular complexity index is 776. The van der Waals surface area contributed by atoms with Gasteiger partial charge in [-0.15, -0.1) is 0 Å². The maximum Gasteiger partial charge on any atom is 0.303 e. The first-order valence-electron chi connectivity index (χ1n) is 12.4. The molecular weight excluding hydrogens is 412 g/mol. The number of fused-ring (bicyclic) bond motifs is 6. The topological polar surface area (TPSA) is 91.3 Å². The molecule has 4 saturated carbocycles. The fourth-order valence-corrected chi connectivity index (χ4v) is 8.75. The highest BCUT2D eigenvalue weighted by Gasteiger charge is 2.71. The monoisotopic (exact) mass is 450 g/mol. The van der Waals surface area contributed by atoms with E-state index in [-0.39, 0.29) is 40.5 Å². The van der Waals surface area contributed by atoms with Crippen LogP contribution in [0.1, 0.15) is 72.6 Å². The molecule has 0 radical (unpaired) electrons. The van der Waals surface area contributed by atoms with Crippen LogP contribution in [0.25, 0.3) is 0 Å². The molecule has 0 aromatic carbocycles. The van der Waals surface area contributed by atoms with E-state index in [4.69, 9.17) is 18.9 Å².